The van der Waals surface area contributed by atoms with Crippen LogP contribution in [0, 0.1) is 10.1 Å². The van der Waals surface area contributed by atoms with Crippen molar-refractivity contribution in [3.8, 4) is 5.88 Å². The van der Waals surface area contributed by atoms with Gasteiger partial charge >= 0.3 is 5.69 Å². The molecule has 0 atom stereocenters. The molecule has 1 saturated carbocycles. The monoisotopic (exact) mass is 267 g/mol. The highest BCUT2D eigenvalue weighted by molar-refractivity contribution is 5.42. The molecule has 1 aliphatic rings. The van der Waals surface area contributed by atoms with Gasteiger partial charge in [0.15, 0.2) is 0 Å². The zero-order chi connectivity index (χ0) is 13.8. The summed E-state index contributed by atoms with van der Waals surface area (Å²) in [5, 5.41) is 13.6. The lowest BCUT2D eigenvalue weighted by molar-refractivity contribution is -0.386. The van der Waals surface area contributed by atoms with Crippen LogP contribution in [0.15, 0.2) is 6.20 Å². The molecule has 1 heterocycles. The number of aromatic nitrogens is 2. The number of nitro groups is 1. The Morgan fingerprint density at radius 2 is 2.37 bits per heavy atom. The fraction of sp³-hybridized carbons (Fsp3) is 0.636. The molecule has 0 radical (unpaired) electrons. The van der Waals surface area contributed by atoms with Crippen LogP contribution >= 0.6 is 0 Å². The van der Waals surface area contributed by atoms with Crippen molar-refractivity contribution in [3.63, 3.8) is 0 Å². The maximum atomic E-state index is 10.9. The second-order valence-electron chi connectivity index (χ2n) is 4.45. The molecule has 8 nitrogen and oxygen atoms in total. The van der Waals surface area contributed by atoms with E-state index in [-0.39, 0.29) is 11.6 Å². The molecule has 104 valence electrons. The molecule has 0 amide bonds. The molecular formula is C11H17N5O3. The Bertz CT molecular complexity index is 464. The number of nitrogens with zero attached hydrogens (tertiary/aromatic N) is 4. The van der Waals surface area contributed by atoms with Crippen molar-refractivity contribution < 1.29 is 9.66 Å². The Kier molecular flexibility index (Phi) is 4.10. The lowest BCUT2D eigenvalue weighted by Crippen LogP contribution is -2.26. The molecule has 0 spiro atoms. The highest BCUT2D eigenvalue weighted by Crippen LogP contribution is 2.26. The molecule has 1 aromatic heterocycles. The van der Waals surface area contributed by atoms with E-state index in [0.717, 1.165) is 12.7 Å². The number of nitrogens with one attached hydrogen (secondary N) is 1. The topological polar surface area (TPSA) is 93.4 Å². The predicted octanol–water partition coefficient (Wildman–Crippen LogP) is 0.899. The Hall–Kier alpha value is -1.96. The maximum Gasteiger partial charge on any atom is 0.349 e. The van der Waals surface area contributed by atoms with Crippen molar-refractivity contribution in [1.82, 2.24) is 14.9 Å². The van der Waals surface area contributed by atoms with E-state index in [0.29, 0.717) is 18.6 Å². The van der Waals surface area contributed by atoms with Crippen LogP contribution in [0.3, 0.4) is 0 Å². The summed E-state index contributed by atoms with van der Waals surface area (Å²) in [6, 6.07) is 0.636. The van der Waals surface area contributed by atoms with E-state index in [1.54, 1.807) is 7.05 Å². The Morgan fingerprint density at radius 3 is 2.95 bits per heavy atom. The molecular weight excluding hydrogens is 250 g/mol. The van der Waals surface area contributed by atoms with Crippen LogP contribution in [0.4, 0.5) is 11.6 Å². The van der Waals surface area contributed by atoms with Gasteiger partial charge in [-0.25, -0.2) is 4.98 Å². The summed E-state index contributed by atoms with van der Waals surface area (Å²) in [6.07, 6.45) is 3.58. The zero-order valence-corrected chi connectivity index (χ0v) is 11.0. The molecule has 8 heteroatoms. The van der Waals surface area contributed by atoms with Crippen molar-refractivity contribution in [2.24, 2.45) is 0 Å². The van der Waals surface area contributed by atoms with Crippen LogP contribution in [0.1, 0.15) is 12.8 Å². The fourth-order valence-electron chi connectivity index (χ4n) is 1.70. The van der Waals surface area contributed by atoms with Gasteiger partial charge in [0.05, 0.1) is 4.92 Å². The number of ether oxygens (including phenoxy) is 1. The number of likely N-dealkylation sites (N-methyl/N-ethyl adjacent to an activating group) is 1. The van der Waals surface area contributed by atoms with Gasteiger partial charge in [0, 0.05) is 19.6 Å². The molecule has 1 N–H and O–H groups in total. The minimum atomic E-state index is -0.542. The molecule has 2 rings (SSSR count). The van der Waals surface area contributed by atoms with Crippen LogP contribution in [-0.4, -0.2) is 53.1 Å². The number of anilines is 1. The Labute approximate surface area is 110 Å². The Balaban J connectivity index is 1.98. The SMILES string of the molecule is CNc1ncc([N+](=O)[O-])c(OCCN(C)C2CC2)n1. The molecule has 0 saturated heterocycles. The summed E-state index contributed by atoms with van der Waals surface area (Å²) >= 11 is 0. The summed E-state index contributed by atoms with van der Waals surface area (Å²) in [7, 11) is 3.67. The predicted molar refractivity (Wildman–Crippen MR) is 69.4 cm³/mol. The first-order valence-electron chi connectivity index (χ1n) is 6.14. The van der Waals surface area contributed by atoms with Crippen molar-refractivity contribution in [2.45, 2.75) is 18.9 Å². The molecule has 1 aromatic rings. The molecule has 19 heavy (non-hydrogen) atoms. The summed E-state index contributed by atoms with van der Waals surface area (Å²) in [6.45, 7) is 1.09. The lowest BCUT2D eigenvalue weighted by Gasteiger charge is -2.15. The number of rotatable bonds is 7. The van der Waals surface area contributed by atoms with Gasteiger partial charge in [0.2, 0.25) is 5.95 Å². The highest BCUT2D eigenvalue weighted by Gasteiger charge is 2.26. The van der Waals surface area contributed by atoms with E-state index >= 15 is 0 Å². The van der Waals surface area contributed by atoms with Crippen molar-refractivity contribution in [2.75, 3.05) is 32.6 Å². The molecule has 0 aromatic carbocycles. The lowest BCUT2D eigenvalue weighted by atomic mass is 10.5. The quantitative estimate of drug-likeness (QED) is 0.579. The van der Waals surface area contributed by atoms with E-state index in [1.165, 1.54) is 12.8 Å². The van der Waals surface area contributed by atoms with Crippen LogP contribution in [0.2, 0.25) is 0 Å². The Morgan fingerprint density at radius 1 is 1.63 bits per heavy atom. The second-order valence-corrected chi connectivity index (χ2v) is 4.45. The summed E-state index contributed by atoms with van der Waals surface area (Å²) in [4.78, 5) is 20.3. The number of hydrogen-bond donors (Lipinski definition) is 1. The van der Waals surface area contributed by atoms with Gasteiger partial charge < -0.3 is 15.0 Å². The number of hydrogen-bond acceptors (Lipinski definition) is 7. The summed E-state index contributed by atoms with van der Waals surface area (Å²) in [5.41, 5.74) is -0.215. The third-order valence-electron chi connectivity index (χ3n) is 3.01. The van der Waals surface area contributed by atoms with Crippen LogP contribution in [0.5, 0.6) is 5.88 Å². The average molecular weight is 267 g/mol. The fourth-order valence-corrected chi connectivity index (χ4v) is 1.70. The maximum absolute atomic E-state index is 10.9. The molecule has 1 aliphatic carbocycles. The second kappa shape index (κ2) is 5.79. The van der Waals surface area contributed by atoms with Crippen LogP contribution in [0.25, 0.3) is 0 Å². The molecule has 0 bridgehead atoms. The van der Waals surface area contributed by atoms with Crippen LogP contribution in [-0.2, 0) is 0 Å². The first kappa shape index (κ1) is 13.5. The summed E-state index contributed by atoms with van der Waals surface area (Å²) in [5.74, 6) is 0.310. The average Bonchev–Trinajstić information content (AvgIpc) is 3.22. The van der Waals surface area contributed by atoms with E-state index < -0.39 is 4.92 Å². The summed E-state index contributed by atoms with van der Waals surface area (Å²) < 4.78 is 5.42. The van der Waals surface area contributed by atoms with Gasteiger partial charge in [-0.3, -0.25) is 10.1 Å². The molecule has 0 unspecified atom stereocenters. The van der Waals surface area contributed by atoms with Gasteiger partial charge in [0.1, 0.15) is 12.8 Å². The van der Waals surface area contributed by atoms with E-state index in [4.69, 9.17) is 4.74 Å². The van der Waals surface area contributed by atoms with Crippen LogP contribution < -0.4 is 10.1 Å². The van der Waals surface area contributed by atoms with Gasteiger partial charge in [-0.2, -0.15) is 4.98 Å². The third-order valence-corrected chi connectivity index (χ3v) is 3.01. The van der Waals surface area contributed by atoms with Gasteiger partial charge in [-0.15, -0.1) is 0 Å². The van der Waals surface area contributed by atoms with Crippen molar-refractivity contribution >= 4 is 11.6 Å². The first-order chi connectivity index (χ1) is 9.11. The molecule has 1 fully saturated rings. The smallest absolute Gasteiger partial charge is 0.349 e. The van der Waals surface area contributed by atoms with E-state index in [2.05, 4.69) is 20.2 Å². The van der Waals surface area contributed by atoms with Gasteiger partial charge in [0.25, 0.3) is 5.88 Å². The zero-order valence-electron chi connectivity index (χ0n) is 11.0. The van der Waals surface area contributed by atoms with Gasteiger partial charge in [-0.05, 0) is 19.9 Å². The van der Waals surface area contributed by atoms with Gasteiger partial charge in [-0.1, -0.05) is 0 Å². The van der Waals surface area contributed by atoms with E-state index in [9.17, 15) is 10.1 Å². The van der Waals surface area contributed by atoms with Crippen molar-refractivity contribution in [1.29, 1.82) is 0 Å². The third kappa shape index (κ3) is 3.50. The largest absolute Gasteiger partial charge is 0.471 e. The minimum absolute atomic E-state index is 0.00791. The molecule has 0 aliphatic heterocycles. The minimum Gasteiger partial charge on any atom is -0.471 e. The van der Waals surface area contributed by atoms with E-state index in [1.807, 2.05) is 7.05 Å². The first-order valence-corrected chi connectivity index (χ1v) is 6.14. The van der Waals surface area contributed by atoms with Crippen molar-refractivity contribution in [3.05, 3.63) is 16.3 Å². The normalized spacial score (nSPS) is 14.5. The standard InChI is InChI=1S/C11H17N5O3/c1-12-11-13-7-9(16(17)18)10(14-11)19-6-5-15(2)8-3-4-8/h7-8H,3-6H2,1-2H3,(H,12,13,14). The highest BCUT2D eigenvalue weighted by atomic mass is 16.6.